The van der Waals surface area contributed by atoms with Crippen molar-refractivity contribution in [3.63, 3.8) is 0 Å². The Morgan fingerprint density at radius 1 is 1.33 bits per heavy atom. The molecule has 1 rings (SSSR count). The summed E-state index contributed by atoms with van der Waals surface area (Å²) in [6.45, 7) is 4.91. The van der Waals surface area contributed by atoms with E-state index in [1.54, 1.807) is 12.1 Å². The maximum atomic E-state index is 10.5. The lowest BCUT2D eigenvalue weighted by molar-refractivity contribution is -0.255. The molecule has 0 bridgehead atoms. The van der Waals surface area contributed by atoms with Gasteiger partial charge in [-0.05, 0) is 42.2 Å². The fourth-order valence-electron chi connectivity index (χ4n) is 1.10. The van der Waals surface area contributed by atoms with Crippen LogP contribution in [0.25, 0.3) is 0 Å². The summed E-state index contributed by atoms with van der Waals surface area (Å²) in [5.41, 5.74) is 0.172. The molecule has 0 fully saturated rings. The lowest BCUT2D eigenvalue weighted by Crippen LogP contribution is -2.21. The molecule has 0 heterocycles. The average Bonchev–Trinajstić information content (AvgIpc) is 2.18. The highest BCUT2D eigenvalue weighted by Gasteiger charge is 1.97. The summed E-state index contributed by atoms with van der Waals surface area (Å²) in [7, 11) is 0. The first-order chi connectivity index (χ1) is 7.09. The number of rotatable bonds is 5. The van der Waals surface area contributed by atoms with Crippen molar-refractivity contribution in [1.82, 2.24) is 0 Å². The van der Waals surface area contributed by atoms with E-state index in [9.17, 15) is 9.90 Å². The SMILES string of the molecule is CC(C)CCOc1ccc(C(=O)[O-])cc1. The third-order valence-corrected chi connectivity index (χ3v) is 2.05. The van der Waals surface area contributed by atoms with Gasteiger partial charge in [-0.25, -0.2) is 0 Å². The number of carboxylic acid groups (broad SMARTS) is 1. The second kappa shape index (κ2) is 5.39. The summed E-state index contributed by atoms with van der Waals surface area (Å²) >= 11 is 0. The van der Waals surface area contributed by atoms with Crippen molar-refractivity contribution < 1.29 is 14.6 Å². The van der Waals surface area contributed by atoms with Crippen LogP contribution in [0.2, 0.25) is 0 Å². The van der Waals surface area contributed by atoms with E-state index in [1.165, 1.54) is 12.1 Å². The number of benzene rings is 1. The molecule has 0 amide bonds. The lowest BCUT2D eigenvalue weighted by atomic mass is 10.1. The summed E-state index contributed by atoms with van der Waals surface area (Å²) < 4.78 is 5.44. The summed E-state index contributed by atoms with van der Waals surface area (Å²) in [6, 6.07) is 6.26. The number of hydrogen-bond donors (Lipinski definition) is 0. The maximum absolute atomic E-state index is 10.5. The normalized spacial score (nSPS) is 10.3. The molecule has 1 aromatic carbocycles. The molecule has 0 saturated heterocycles. The molecule has 15 heavy (non-hydrogen) atoms. The zero-order valence-electron chi connectivity index (χ0n) is 9.03. The predicted octanol–water partition coefficient (Wildman–Crippen LogP) is 1.47. The molecule has 0 saturated carbocycles. The van der Waals surface area contributed by atoms with Gasteiger partial charge >= 0.3 is 0 Å². The summed E-state index contributed by atoms with van der Waals surface area (Å²) in [6.07, 6.45) is 0.988. The molecule has 82 valence electrons. The molecule has 0 aliphatic heterocycles. The number of carboxylic acids is 1. The van der Waals surface area contributed by atoms with E-state index < -0.39 is 5.97 Å². The fraction of sp³-hybridized carbons (Fsp3) is 0.417. The van der Waals surface area contributed by atoms with Crippen LogP contribution in [0.15, 0.2) is 24.3 Å². The van der Waals surface area contributed by atoms with Crippen molar-refractivity contribution in [1.29, 1.82) is 0 Å². The smallest absolute Gasteiger partial charge is 0.119 e. The van der Waals surface area contributed by atoms with E-state index in [0.717, 1.165) is 6.42 Å². The van der Waals surface area contributed by atoms with Crippen LogP contribution in [0.3, 0.4) is 0 Å². The van der Waals surface area contributed by atoms with Crippen molar-refractivity contribution >= 4 is 5.97 Å². The third kappa shape index (κ3) is 4.02. The van der Waals surface area contributed by atoms with Crippen LogP contribution in [0.1, 0.15) is 30.6 Å². The molecule has 0 spiro atoms. The molecule has 0 atom stereocenters. The summed E-state index contributed by atoms with van der Waals surface area (Å²) in [4.78, 5) is 10.5. The molecule has 0 radical (unpaired) electrons. The van der Waals surface area contributed by atoms with Gasteiger partial charge in [0.1, 0.15) is 5.75 Å². The van der Waals surface area contributed by atoms with Crippen molar-refractivity contribution in [3.05, 3.63) is 29.8 Å². The highest BCUT2D eigenvalue weighted by molar-refractivity contribution is 5.85. The Morgan fingerprint density at radius 2 is 1.93 bits per heavy atom. The predicted molar refractivity (Wildman–Crippen MR) is 55.7 cm³/mol. The second-order valence-corrected chi connectivity index (χ2v) is 3.84. The number of ether oxygens (including phenoxy) is 1. The first-order valence-corrected chi connectivity index (χ1v) is 5.04. The molecule has 0 aromatic heterocycles. The monoisotopic (exact) mass is 207 g/mol. The zero-order valence-corrected chi connectivity index (χ0v) is 9.03. The number of hydrogen-bond acceptors (Lipinski definition) is 3. The van der Waals surface area contributed by atoms with Gasteiger partial charge in [0, 0.05) is 0 Å². The molecule has 0 aliphatic carbocycles. The van der Waals surface area contributed by atoms with Crippen LogP contribution < -0.4 is 9.84 Å². The molecule has 0 unspecified atom stereocenters. The Labute approximate surface area is 89.7 Å². The van der Waals surface area contributed by atoms with Crippen LogP contribution >= 0.6 is 0 Å². The van der Waals surface area contributed by atoms with E-state index >= 15 is 0 Å². The second-order valence-electron chi connectivity index (χ2n) is 3.84. The zero-order chi connectivity index (χ0) is 11.3. The Morgan fingerprint density at radius 3 is 2.40 bits per heavy atom. The molecule has 3 nitrogen and oxygen atoms in total. The minimum atomic E-state index is -1.16. The van der Waals surface area contributed by atoms with Gasteiger partial charge in [0.25, 0.3) is 0 Å². The van der Waals surface area contributed by atoms with Crippen molar-refractivity contribution in [2.24, 2.45) is 5.92 Å². The average molecular weight is 207 g/mol. The van der Waals surface area contributed by atoms with Crippen LogP contribution in [0.5, 0.6) is 5.75 Å². The first kappa shape index (κ1) is 11.6. The number of aromatic carboxylic acids is 1. The van der Waals surface area contributed by atoms with Gasteiger partial charge < -0.3 is 14.6 Å². The quantitative estimate of drug-likeness (QED) is 0.734. The Hall–Kier alpha value is -1.51. The largest absolute Gasteiger partial charge is 0.545 e. The van der Waals surface area contributed by atoms with Crippen LogP contribution in [0, 0.1) is 5.92 Å². The van der Waals surface area contributed by atoms with Gasteiger partial charge in [-0.1, -0.05) is 13.8 Å². The van der Waals surface area contributed by atoms with E-state index in [1.807, 2.05) is 0 Å². The van der Waals surface area contributed by atoms with Gasteiger partial charge in [0.15, 0.2) is 0 Å². The van der Waals surface area contributed by atoms with E-state index in [0.29, 0.717) is 18.3 Å². The maximum Gasteiger partial charge on any atom is 0.119 e. The van der Waals surface area contributed by atoms with Gasteiger partial charge in [0.2, 0.25) is 0 Å². The van der Waals surface area contributed by atoms with E-state index in [-0.39, 0.29) is 5.56 Å². The Kier molecular flexibility index (Phi) is 4.16. The first-order valence-electron chi connectivity index (χ1n) is 5.04. The standard InChI is InChI=1S/C12H16O3/c1-9(2)7-8-15-11-5-3-10(4-6-11)12(13)14/h3-6,9H,7-8H2,1-2H3,(H,13,14)/p-1. The molecule has 0 N–H and O–H groups in total. The highest BCUT2D eigenvalue weighted by Crippen LogP contribution is 2.12. The third-order valence-electron chi connectivity index (χ3n) is 2.05. The number of carbonyl (C=O) groups is 1. The molecular formula is C12H15O3-. The van der Waals surface area contributed by atoms with Gasteiger partial charge in [-0.2, -0.15) is 0 Å². The van der Waals surface area contributed by atoms with E-state index in [4.69, 9.17) is 4.74 Å². The number of carbonyl (C=O) groups excluding carboxylic acids is 1. The highest BCUT2D eigenvalue weighted by atomic mass is 16.5. The summed E-state index contributed by atoms with van der Waals surface area (Å²) in [5, 5.41) is 10.5. The Balaban J connectivity index is 2.46. The van der Waals surface area contributed by atoms with Crippen molar-refractivity contribution in [2.75, 3.05) is 6.61 Å². The fourth-order valence-corrected chi connectivity index (χ4v) is 1.10. The van der Waals surface area contributed by atoms with Crippen molar-refractivity contribution in [3.8, 4) is 5.75 Å². The van der Waals surface area contributed by atoms with Crippen LogP contribution in [-0.4, -0.2) is 12.6 Å². The summed E-state index contributed by atoms with van der Waals surface area (Å²) in [5.74, 6) is 0.136. The molecule has 1 aromatic rings. The van der Waals surface area contributed by atoms with Crippen molar-refractivity contribution in [2.45, 2.75) is 20.3 Å². The lowest BCUT2D eigenvalue weighted by Gasteiger charge is -2.08. The minimum Gasteiger partial charge on any atom is -0.545 e. The minimum absolute atomic E-state index is 0.172. The molecule has 0 aliphatic rings. The van der Waals surface area contributed by atoms with Crippen LogP contribution in [-0.2, 0) is 0 Å². The van der Waals surface area contributed by atoms with Gasteiger partial charge in [-0.3, -0.25) is 0 Å². The Bertz CT molecular complexity index is 314. The van der Waals surface area contributed by atoms with Gasteiger partial charge in [-0.15, -0.1) is 0 Å². The molecular weight excluding hydrogens is 192 g/mol. The molecule has 3 heteroatoms. The topological polar surface area (TPSA) is 49.4 Å². The van der Waals surface area contributed by atoms with Crippen LogP contribution in [0.4, 0.5) is 0 Å². The van der Waals surface area contributed by atoms with E-state index in [2.05, 4.69) is 13.8 Å². The van der Waals surface area contributed by atoms with Gasteiger partial charge in [0.05, 0.1) is 12.6 Å².